The summed E-state index contributed by atoms with van der Waals surface area (Å²) < 4.78 is 6.05. The van der Waals surface area contributed by atoms with Gasteiger partial charge in [-0.05, 0) is 43.4 Å². The lowest BCUT2D eigenvalue weighted by Gasteiger charge is -2.32. The Kier molecular flexibility index (Phi) is 8.48. The highest BCUT2D eigenvalue weighted by Gasteiger charge is 2.26. The smallest absolute Gasteiger partial charge is 0.245 e. The highest BCUT2D eigenvalue weighted by molar-refractivity contribution is 6.35. The minimum absolute atomic E-state index is 0.0554. The molecule has 2 aromatic heterocycles. The molecule has 0 saturated carbocycles. The highest BCUT2D eigenvalue weighted by Crippen LogP contribution is 2.36. The number of ether oxygens (including phenoxy) is 1. The number of carbonyl (C=O) groups is 1. The first-order valence-corrected chi connectivity index (χ1v) is 12.1. The maximum atomic E-state index is 12.7. The highest BCUT2D eigenvalue weighted by atomic mass is 35.5. The number of piperazine rings is 1. The molecule has 1 aliphatic rings. The number of carbonyl (C=O) groups excluding carboxylic acids is 1. The number of pyridine rings is 2. The number of hydrogen-bond donors (Lipinski definition) is 5. The average Bonchev–Trinajstić information content (AvgIpc) is 2.84. The van der Waals surface area contributed by atoms with E-state index >= 15 is 0 Å². The van der Waals surface area contributed by atoms with Crippen molar-refractivity contribution in [1.29, 1.82) is 0 Å². The van der Waals surface area contributed by atoms with Gasteiger partial charge in [0.1, 0.15) is 23.1 Å². The monoisotopic (exact) mass is 548 g/mol. The van der Waals surface area contributed by atoms with E-state index < -0.39 is 5.23 Å². The zero-order chi connectivity index (χ0) is 26.5. The summed E-state index contributed by atoms with van der Waals surface area (Å²) in [6.45, 7) is 2.39. The van der Waals surface area contributed by atoms with E-state index in [1.807, 2.05) is 11.9 Å². The lowest BCUT2D eigenvalue weighted by molar-refractivity contribution is -0.990. The molecule has 3 heterocycles. The lowest BCUT2D eigenvalue weighted by atomic mass is 10.2. The van der Waals surface area contributed by atoms with Crippen LogP contribution in [-0.2, 0) is 4.79 Å². The molecule has 0 bridgehead atoms. The first-order valence-electron chi connectivity index (χ1n) is 11.3. The van der Waals surface area contributed by atoms with Crippen LogP contribution in [-0.4, -0.2) is 65.8 Å². The summed E-state index contributed by atoms with van der Waals surface area (Å²) in [5.41, 5.74) is 6.17. The van der Waals surface area contributed by atoms with Gasteiger partial charge in [0.25, 0.3) is 0 Å². The SMILES string of the molecule is CN1CCN(c2ccc(NCCNc3ccc([NH+]([O-])O)c(N)n3)nc2Oc2ccc(Cl)cc2Cl)C(=O)C1. The number of nitrogen functional groups attached to an aromatic ring is 1. The van der Waals surface area contributed by atoms with Crippen LogP contribution < -0.4 is 31.2 Å². The molecule has 1 aliphatic heterocycles. The van der Waals surface area contributed by atoms with Crippen LogP contribution in [0.2, 0.25) is 10.0 Å². The van der Waals surface area contributed by atoms with Crippen molar-refractivity contribution in [2.45, 2.75) is 0 Å². The first kappa shape index (κ1) is 26.7. The van der Waals surface area contributed by atoms with Crippen LogP contribution in [0.25, 0.3) is 0 Å². The Balaban J connectivity index is 1.48. The molecule has 0 aliphatic carbocycles. The molecule has 1 saturated heterocycles. The van der Waals surface area contributed by atoms with Crippen molar-refractivity contribution in [2.24, 2.45) is 0 Å². The Hall–Kier alpha value is -3.39. The molecule has 1 amide bonds. The fraction of sp³-hybridized carbons (Fsp3) is 0.261. The number of benzene rings is 1. The average molecular weight is 549 g/mol. The summed E-state index contributed by atoms with van der Waals surface area (Å²) in [5.74, 6) is 1.41. The Morgan fingerprint density at radius 3 is 2.46 bits per heavy atom. The standard InChI is InChI=1S/C23H26Cl2N8O4/c1-31-10-11-32(21(34)13-31)17-4-7-20(30-23(17)37-18-5-2-14(24)12-15(18)25)28-9-8-27-19-6-3-16(33(35)36)22(26)29-19/h2-7,12,33,35H,8-11,13H2,1H3,(H,28,30)(H3,26,27,29). The van der Waals surface area contributed by atoms with Crippen molar-refractivity contribution < 1.29 is 20.0 Å². The molecule has 1 unspecified atom stereocenters. The molecule has 0 radical (unpaired) electrons. The van der Waals surface area contributed by atoms with Crippen LogP contribution in [0.5, 0.6) is 11.6 Å². The van der Waals surface area contributed by atoms with Crippen LogP contribution in [0.15, 0.2) is 42.5 Å². The van der Waals surface area contributed by atoms with E-state index in [2.05, 4.69) is 20.6 Å². The predicted molar refractivity (Wildman–Crippen MR) is 142 cm³/mol. The van der Waals surface area contributed by atoms with Crippen LogP contribution in [0.4, 0.5) is 28.8 Å². The summed E-state index contributed by atoms with van der Waals surface area (Å²) >= 11 is 12.3. The zero-order valence-electron chi connectivity index (χ0n) is 19.9. The maximum absolute atomic E-state index is 12.7. The quantitative estimate of drug-likeness (QED) is 0.198. The molecule has 1 atom stereocenters. The van der Waals surface area contributed by atoms with Gasteiger partial charge in [0.2, 0.25) is 17.5 Å². The summed E-state index contributed by atoms with van der Waals surface area (Å²) in [5, 5.41) is 26.0. The Morgan fingerprint density at radius 1 is 1.11 bits per heavy atom. The van der Waals surface area contributed by atoms with Gasteiger partial charge in [-0.2, -0.15) is 10.2 Å². The number of nitrogens with two attached hydrogens (primary N) is 1. The van der Waals surface area contributed by atoms with Gasteiger partial charge in [-0.15, -0.1) is 0 Å². The van der Waals surface area contributed by atoms with Gasteiger partial charge in [0.15, 0.2) is 5.82 Å². The number of aromatic nitrogens is 2. The van der Waals surface area contributed by atoms with E-state index in [1.54, 1.807) is 41.3 Å². The second kappa shape index (κ2) is 11.8. The van der Waals surface area contributed by atoms with Crippen LogP contribution in [0.3, 0.4) is 0 Å². The zero-order valence-corrected chi connectivity index (χ0v) is 21.4. The number of nitrogens with zero attached hydrogens (tertiary/aromatic N) is 4. The van der Waals surface area contributed by atoms with E-state index in [1.165, 1.54) is 6.07 Å². The molecule has 3 aromatic rings. The number of nitrogens with one attached hydrogen (secondary N) is 3. The van der Waals surface area contributed by atoms with E-state index in [-0.39, 0.29) is 23.3 Å². The van der Waals surface area contributed by atoms with Gasteiger partial charge in [-0.1, -0.05) is 23.2 Å². The predicted octanol–water partition coefficient (Wildman–Crippen LogP) is 2.36. The third-order valence-corrected chi connectivity index (χ3v) is 6.07. The van der Waals surface area contributed by atoms with Crippen LogP contribution >= 0.6 is 23.2 Å². The number of likely N-dealkylation sites (N-methyl/N-ethyl adjacent to an activating group) is 1. The normalized spacial score (nSPS) is 14.9. The largest absolute Gasteiger partial charge is 0.595 e. The summed E-state index contributed by atoms with van der Waals surface area (Å²) in [6, 6.07) is 11.3. The number of amides is 1. The molecular weight excluding hydrogens is 523 g/mol. The van der Waals surface area contributed by atoms with Crippen molar-refractivity contribution in [3.8, 4) is 11.6 Å². The molecule has 1 fully saturated rings. The van der Waals surface area contributed by atoms with Gasteiger partial charge in [-0.3, -0.25) is 9.69 Å². The van der Waals surface area contributed by atoms with Gasteiger partial charge >= 0.3 is 0 Å². The van der Waals surface area contributed by atoms with Crippen molar-refractivity contribution >= 4 is 57.9 Å². The molecular formula is C23H26Cl2N8O4. The Morgan fingerprint density at radius 2 is 1.81 bits per heavy atom. The first-order chi connectivity index (χ1) is 17.7. The van der Waals surface area contributed by atoms with Gasteiger partial charge in [-0.25, -0.2) is 10.2 Å². The number of quaternary nitrogens is 1. The number of rotatable bonds is 9. The molecule has 14 heteroatoms. The second-order valence-electron chi connectivity index (χ2n) is 8.27. The molecule has 37 heavy (non-hydrogen) atoms. The Bertz CT molecular complexity index is 1280. The van der Waals surface area contributed by atoms with Crippen LogP contribution in [0.1, 0.15) is 0 Å². The molecule has 0 spiro atoms. The fourth-order valence-corrected chi connectivity index (χ4v) is 4.10. The van der Waals surface area contributed by atoms with Gasteiger partial charge in [0.05, 0.1) is 11.6 Å². The van der Waals surface area contributed by atoms with Gasteiger partial charge in [0, 0.05) is 37.3 Å². The third-order valence-electron chi connectivity index (χ3n) is 5.54. The fourth-order valence-electron chi connectivity index (χ4n) is 3.66. The number of halogens is 2. The van der Waals surface area contributed by atoms with Crippen molar-refractivity contribution in [3.63, 3.8) is 0 Å². The van der Waals surface area contributed by atoms with Crippen molar-refractivity contribution in [3.05, 3.63) is 57.7 Å². The van der Waals surface area contributed by atoms with E-state index in [4.69, 9.17) is 38.9 Å². The molecule has 196 valence electrons. The third kappa shape index (κ3) is 6.68. The summed E-state index contributed by atoms with van der Waals surface area (Å²) in [4.78, 5) is 25.0. The van der Waals surface area contributed by atoms with E-state index in [0.29, 0.717) is 65.8 Å². The number of anilines is 4. The lowest BCUT2D eigenvalue weighted by Crippen LogP contribution is -2.99. The second-order valence-corrected chi connectivity index (χ2v) is 9.11. The van der Waals surface area contributed by atoms with Crippen molar-refractivity contribution in [2.75, 3.05) is 61.0 Å². The minimum atomic E-state index is -1.14. The van der Waals surface area contributed by atoms with Crippen molar-refractivity contribution in [1.82, 2.24) is 14.9 Å². The summed E-state index contributed by atoms with van der Waals surface area (Å²) in [7, 11) is 1.89. The van der Waals surface area contributed by atoms with Crippen LogP contribution in [0, 0.1) is 5.21 Å². The minimum Gasteiger partial charge on any atom is -0.595 e. The topological polar surface area (TPSA) is 156 Å². The maximum Gasteiger partial charge on any atom is 0.245 e. The molecule has 12 nitrogen and oxygen atoms in total. The molecule has 1 aromatic carbocycles. The number of hydrogen-bond acceptors (Lipinski definition) is 10. The molecule has 6 N–H and O–H groups in total. The van der Waals surface area contributed by atoms with E-state index in [9.17, 15) is 10.0 Å². The summed E-state index contributed by atoms with van der Waals surface area (Å²) in [6.07, 6.45) is 0. The van der Waals surface area contributed by atoms with E-state index in [0.717, 1.165) is 0 Å². The molecule has 4 rings (SSSR count). The Labute approximate surface area is 223 Å². The van der Waals surface area contributed by atoms with Gasteiger partial charge < -0.3 is 31.2 Å².